The Kier molecular flexibility index (Phi) is 4.82. The molecule has 3 aromatic rings. The Labute approximate surface area is 171 Å². The maximum atomic E-state index is 10.8. The molecule has 0 unspecified atom stereocenters. The Morgan fingerprint density at radius 2 is 1.68 bits per heavy atom. The number of phenols is 2. The quantitative estimate of drug-likeness (QED) is 0.611. The van der Waals surface area contributed by atoms with E-state index < -0.39 is 0 Å². The van der Waals surface area contributed by atoms with Gasteiger partial charge in [0.1, 0.15) is 0 Å². The molecule has 2 aliphatic rings. The molecular formula is C24H24ClNO2. The zero-order valence-corrected chi connectivity index (χ0v) is 16.7. The van der Waals surface area contributed by atoms with Crippen LogP contribution in [0.3, 0.4) is 0 Å². The van der Waals surface area contributed by atoms with Crippen molar-refractivity contribution in [3.63, 3.8) is 0 Å². The lowest BCUT2D eigenvalue weighted by atomic mass is 9.74. The summed E-state index contributed by atoms with van der Waals surface area (Å²) in [6.45, 7) is 1.05. The topological polar surface area (TPSA) is 43.7 Å². The van der Waals surface area contributed by atoms with E-state index >= 15 is 0 Å². The third-order valence-corrected chi connectivity index (χ3v) is 6.16. The third-order valence-electron chi connectivity index (χ3n) is 6.16. The average Bonchev–Trinajstić information content (AvgIpc) is 2.69. The SMILES string of the molecule is CN1CCc2ccc(Cc3ccccc3)c3c2[C@H]1Cc1ccc(O)c(O)c1-3.Cl. The van der Waals surface area contributed by atoms with Gasteiger partial charge in [0.15, 0.2) is 11.5 Å². The fraction of sp³-hybridized carbons (Fsp3) is 0.250. The molecule has 3 aromatic carbocycles. The highest BCUT2D eigenvalue weighted by atomic mass is 35.5. The van der Waals surface area contributed by atoms with Crippen molar-refractivity contribution in [1.82, 2.24) is 4.90 Å². The van der Waals surface area contributed by atoms with E-state index in [1.165, 1.54) is 22.3 Å². The van der Waals surface area contributed by atoms with Gasteiger partial charge in [-0.05, 0) is 65.8 Å². The minimum Gasteiger partial charge on any atom is -0.504 e. The maximum absolute atomic E-state index is 10.8. The summed E-state index contributed by atoms with van der Waals surface area (Å²) in [7, 11) is 2.19. The zero-order chi connectivity index (χ0) is 18.5. The summed E-state index contributed by atoms with van der Waals surface area (Å²) in [5, 5.41) is 20.9. The van der Waals surface area contributed by atoms with Crippen LogP contribution in [-0.4, -0.2) is 28.7 Å². The number of hydrogen-bond donors (Lipinski definition) is 2. The van der Waals surface area contributed by atoms with Crippen LogP contribution in [0.4, 0.5) is 0 Å². The molecule has 144 valence electrons. The van der Waals surface area contributed by atoms with Crippen LogP contribution in [0, 0.1) is 0 Å². The molecule has 0 radical (unpaired) electrons. The fourth-order valence-electron chi connectivity index (χ4n) is 4.78. The summed E-state index contributed by atoms with van der Waals surface area (Å²) in [6.07, 6.45) is 2.71. The molecule has 0 saturated heterocycles. The molecule has 28 heavy (non-hydrogen) atoms. The number of fused-ring (bicyclic) bond motifs is 2. The summed E-state index contributed by atoms with van der Waals surface area (Å²) in [5.41, 5.74) is 8.24. The summed E-state index contributed by atoms with van der Waals surface area (Å²) in [6, 6.07) is 18.8. The van der Waals surface area contributed by atoms with Gasteiger partial charge in [-0.3, -0.25) is 4.90 Å². The third kappa shape index (κ3) is 2.86. The van der Waals surface area contributed by atoms with Crippen molar-refractivity contribution in [2.45, 2.75) is 25.3 Å². The lowest BCUT2D eigenvalue weighted by molar-refractivity contribution is 0.228. The van der Waals surface area contributed by atoms with Crippen LogP contribution in [0.5, 0.6) is 11.5 Å². The van der Waals surface area contributed by atoms with E-state index in [9.17, 15) is 10.2 Å². The van der Waals surface area contributed by atoms with Crippen molar-refractivity contribution in [2.75, 3.05) is 13.6 Å². The van der Waals surface area contributed by atoms with E-state index in [-0.39, 0.29) is 23.9 Å². The van der Waals surface area contributed by atoms with Gasteiger partial charge >= 0.3 is 0 Å². The molecule has 0 amide bonds. The Bertz CT molecular complexity index is 1030. The molecule has 2 N–H and O–H groups in total. The number of phenolic OH excluding ortho intramolecular Hbond substituents is 2. The normalized spacial score (nSPS) is 17.4. The summed E-state index contributed by atoms with van der Waals surface area (Å²) < 4.78 is 0. The van der Waals surface area contributed by atoms with Crippen LogP contribution in [0.15, 0.2) is 54.6 Å². The average molecular weight is 394 g/mol. The van der Waals surface area contributed by atoms with Crippen molar-refractivity contribution < 1.29 is 10.2 Å². The number of benzene rings is 3. The molecule has 1 aliphatic carbocycles. The van der Waals surface area contributed by atoms with E-state index in [4.69, 9.17) is 0 Å². The number of aromatic hydroxyl groups is 2. The van der Waals surface area contributed by atoms with E-state index in [1.54, 1.807) is 6.07 Å². The molecule has 0 spiro atoms. The first kappa shape index (κ1) is 18.9. The fourth-order valence-corrected chi connectivity index (χ4v) is 4.78. The van der Waals surface area contributed by atoms with E-state index in [0.29, 0.717) is 6.04 Å². The smallest absolute Gasteiger partial charge is 0.165 e. The van der Waals surface area contributed by atoms with Crippen molar-refractivity contribution in [3.8, 4) is 22.6 Å². The Morgan fingerprint density at radius 1 is 0.929 bits per heavy atom. The lowest BCUT2D eigenvalue weighted by Gasteiger charge is -2.40. The second kappa shape index (κ2) is 7.16. The van der Waals surface area contributed by atoms with Crippen molar-refractivity contribution in [1.29, 1.82) is 0 Å². The standard InChI is InChI=1S/C24H23NO2.ClH/c1-25-12-11-16-7-8-17(13-15-5-3-2-4-6-15)22-21(16)19(25)14-18-9-10-20(26)24(27)23(18)22;/h2-10,19,26-27H,11-14H2,1H3;1H/t19-;/m1./s1. The Morgan fingerprint density at radius 3 is 2.46 bits per heavy atom. The van der Waals surface area contributed by atoms with Gasteiger partial charge in [-0.1, -0.05) is 48.5 Å². The number of halogens is 1. The van der Waals surface area contributed by atoms with Crippen molar-refractivity contribution in [2.24, 2.45) is 0 Å². The Balaban J connectivity index is 0.00000192. The molecule has 0 saturated carbocycles. The predicted octanol–water partition coefficient (Wildman–Crippen LogP) is 4.86. The van der Waals surface area contributed by atoms with E-state index in [1.807, 2.05) is 12.1 Å². The highest BCUT2D eigenvalue weighted by Gasteiger charge is 2.35. The van der Waals surface area contributed by atoms with Crippen LogP contribution in [-0.2, 0) is 19.3 Å². The van der Waals surface area contributed by atoms with Crippen LogP contribution < -0.4 is 0 Å². The molecule has 3 nitrogen and oxygen atoms in total. The minimum atomic E-state index is -0.0420. The first-order chi connectivity index (χ1) is 13.1. The highest BCUT2D eigenvalue weighted by molar-refractivity contribution is 5.85. The summed E-state index contributed by atoms with van der Waals surface area (Å²) in [5.74, 6) is -0.0264. The molecule has 0 fully saturated rings. The van der Waals surface area contributed by atoms with Crippen LogP contribution >= 0.6 is 12.4 Å². The molecule has 4 heteroatoms. The van der Waals surface area contributed by atoms with Gasteiger partial charge < -0.3 is 10.2 Å². The molecule has 0 bridgehead atoms. The zero-order valence-electron chi connectivity index (χ0n) is 15.9. The predicted molar refractivity (Wildman–Crippen MR) is 114 cm³/mol. The molecular weight excluding hydrogens is 370 g/mol. The van der Waals surface area contributed by atoms with E-state index in [0.717, 1.165) is 42.5 Å². The second-order valence-corrected chi connectivity index (χ2v) is 7.75. The largest absolute Gasteiger partial charge is 0.504 e. The molecule has 1 heterocycles. The van der Waals surface area contributed by atoms with Gasteiger partial charge in [0.25, 0.3) is 0 Å². The highest BCUT2D eigenvalue weighted by Crippen LogP contribution is 2.51. The van der Waals surface area contributed by atoms with Crippen LogP contribution in [0.25, 0.3) is 11.1 Å². The maximum Gasteiger partial charge on any atom is 0.165 e. The number of hydrogen-bond acceptors (Lipinski definition) is 3. The van der Waals surface area contributed by atoms with E-state index in [2.05, 4.69) is 48.3 Å². The lowest BCUT2D eigenvalue weighted by Crippen LogP contribution is -2.35. The van der Waals surface area contributed by atoms with Gasteiger partial charge in [0.05, 0.1) is 0 Å². The van der Waals surface area contributed by atoms with Gasteiger partial charge in [-0.15, -0.1) is 12.4 Å². The molecule has 1 atom stereocenters. The first-order valence-electron chi connectivity index (χ1n) is 9.56. The van der Waals surface area contributed by atoms with Crippen molar-refractivity contribution in [3.05, 3.63) is 82.4 Å². The second-order valence-electron chi connectivity index (χ2n) is 7.75. The number of rotatable bonds is 2. The van der Waals surface area contributed by atoms with Gasteiger partial charge in [-0.2, -0.15) is 0 Å². The Hall–Kier alpha value is -2.49. The van der Waals surface area contributed by atoms with Gasteiger partial charge in [-0.25, -0.2) is 0 Å². The van der Waals surface area contributed by atoms with Gasteiger partial charge in [0, 0.05) is 18.2 Å². The first-order valence-corrected chi connectivity index (χ1v) is 9.56. The van der Waals surface area contributed by atoms with Crippen LogP contribution in [0.1, 0.15) is 33.9 Å². The monoisotopic (exact) mass is 393 g/mol. The molecule has 0 aromatic heterocycles. The molecule has 5 rings (SSSR count). The van der Waals surface area contributed by atoms with Crippen LogP contribution in [0.2, 0.25) is 0 Å². The molecule has 1 aliphatic heterocycles. The van der Waals surface area contributed by atoms with Crippen molar-refractivity contribution >= 4 is 12.4 Å². The minimum absolute atomic E-state index is 0. The van der Waals surface area contributed by atoms with Gasteiger partial charge in [0.2, 0.25) is 0 Å². The number of likely N-dealkylation sites (N-methyl/N-ethyl adjacent to an activating group) is 1. The summed E-state index contributed by atoms with van der Waals surface area (Å²) in [4.78, 5) is 2.42. The number of nitrogens with zero attached hydrogens (tertiary/aromatic N) is 1. The summed E-state index contributed by atoms with van der Waals surface area (Å²) >= 11 is 0.